The van der Waals surface area contributed by atoms with Crippen LogP contribution in [0.4, 0.5) is 5.82 Å². The van der Waals surface area contributed by atoms with Crippen molar-refractivity contribution in [2.75, 3.05) is 38.2 Å². The Morgan fingerprint density at radius 3 is 2.63 bits per heavy atom. The number of allylic oxidation sites excluding steroid dienone is 1. The zero-order valence-corrected chi connectivity index (χ0v) is 14.9. The molecule has 1 fully saturated rings. The molecule has 0 unspecified atom stereocenters. The molecule has 1 aromatic carbocycles. The van der Waals surface area contributed by atoms with E-state index in [1.54, 1.807) is 6.20 Å². The summed E-state index contributed by atoms with van der Waals surface area (Å²) in [7, 11) is 0. The molecule has 2 N–H and O–H groups in total. The number of hydrogen-bond acceptors (Lipinski definition) is 7. The van der Waals surface area contributed by atoms with Crippen LogP contribution in [-0.4, -0.2) is 47.7 Å². The average molecular weight is 360 g/mol. The number of dihydropyridines is 1. The SMILES string of the molecule is N#Cc1cnc(NC2=CC(N3CCOCC3)=C(c3ccccc3)CN2)cn1. The van der Waals surface area contributed by atoms with Crippen molar-refractivity contribution in [3.05, 3.63) is 71.6 Å². The van der Waals surface area contributed by atoms with Crippen LogP contribution < -0.4 is 10.6 Å². The molecular weight excluding hydrogens is 340 g/mol. The number of hydrogen-bond donors (Lipinski definition) is 2. The van der Waals surface area contributed by atoms with Gasteiger partial charge < -0.3 is 20.3 Å². The lowest BCUT2D eigenvalue weighted by molar-refractivity contribution is 0.0554. The zero-order valence-electron chi connectivity index (χ0n) is 14.9. The Morgan fingerprint density at radius 2 is 1.93 bits per heavy atom. The molecule has 0 atom stereocenters. The Labute approximate surface area is 158 Å². The standard InChI is InChI=1S/C20H20N6O/c21-11-16-12-23-20(14-22-16)25-19-10-18(26-6-8-27-9-7-26)17(13-24-19)15-4-2-1-3-5-15/h1-5,10,12,14,24H,6-9,13H2,(H,23,25). The molecule has 1 saturated heterocycles. The molecule has 7 heteroatoms. The van der Waals surface area contributed by atoms with Gasteiger partial charge in [-0.15, -0.1) is 0 Å². The molecule has 0 aliphatic carbocycles. The summed E-state index contributed by atoms with van der Waals surface area (Å²) in [5.74, 6) is 1.45. The lowest BCUT2D eigenvalue weighted by atomic mass is 10.00. The lowest BCUT2D eigenvalue weighted by Crippen LogP contribution is -2.38. The van der Waals surface area contributed by atoms with Crippen LogP contribution in [0.15, 0.2) is 60.3 Å². The van der Waals surface area contributed by atoms with Crippen LogP contribution in [0.25, 0.3) is 5.57 Å². The van der Waals surface area contributed by atoms with Crippen LogP contribution in [0, 0.1) is 11.3 Å². The highest BCUT2D eigenvalue weighted by Gasteiger charge is 2.21. The maximum absolute atomic E-state index is 8.85. The van der Waals surface area contributed by atoms with E-state index in [-0.39, 0.29) is 0 Å². The van der Waals surface area contributed by atoms with Gasteiger partial charge in [-0.05, 0) is 5.56 Å². The van der Waals surface area contributed by atoms with Crippen molar-refractivity contribution in [1.29, 1.82) is 5.26 Å². The molecule has 3 heterocycles. The Hall–Kier alpha value is -3.37. The van der Waals surface area contributed by atoms with Gasteiger partial charge in [-0.3, -0.25) is 0 Å². The third-order valence-electron chi connectivity index (χ3n) is 4.55. The second kappa shape index (κ2) is 7.89. The number of nitrogens with zero attached hydrogens (tertiary/aromatic N) is 4. The second-order valence-electron chi connectivity index (χ2n) is 6.26. The van der Waals surface area contributed by atoms with Crippen LogP contribution in [0.2, 0.25) is 0 Å². The van der Waals surface area contributed by atoms with Gasteiger partial charge in [0.05, 0.1) is 25.6 Å². The molecule has 7 nitrogen and oxygen atoms in total. The number of anilines is 1. The van der Waals surface area contributed by atoms with Crippen molar-refractivity contribution in [2.24, 2.45) is 0 Å². The predicted octanol–water partition coefficient (Wildman–Crippen LogP) is 1.95. The zero-order chi connectivity index (χ0) is 18.5. The fourth-order valence-electron chi connectivity index (χ4n) is 3.19. The summed E-state index contributed by atoms with van der Waals surface area (Å²) < 4.78 is 5.51. The van der Waals surface area contributed by atoms with Crippen LogP contribution in [0.3, 0.4) is 0 Å². The van der Waals surface area contributed by atoms with E-state index in [1.807, 2.05) is 12.1 Å². The van der Waals surface area contributed by atoms with Gasteiger partial charge in [-0.1, -0.05) is 30.3 Å². The van der Waals surface area contributed by atoms with Crippen molar-refractivity contribution in [3.8, 4) is 6.07 Å². The van der Waals surface area contributed by atoms with E-state index in [4.69, 9.17) is 10.00 Å². The Morgan fingerprint density at radius 1 is 1.11 bits per heavy atom. The van der Waals surface area contributed by atoms with E-state index in [2.05, 4.69) is 55.8 Å². The molecule has 2 aliphatic heterocycles. The molecule has 2 aliphatic rings. The molecule has 27 heavy (non-hydrogen) atoms. The maximum atomic E-state index is 8.85. The van der Waals surface area contributed by atoms with Gasteiger partial charge in [-0.25, -0.2) is 9.97 Å². The number of ether oxygens (including phenoxy) is 1. The van der Waals surface area contributed by atoms with Crippen LogP contribution in [-0.2, 0) is 4.74 Å². The topological polar surface area (TPSA) is 86.1 Å². The highest BCUT2D eigenvalue weighted by molar-refractivity contribution is 5.74. The third kappa shape index (κ3) is 3.91. The number of morpholine rings is 1. The molecule has 136 valence electrons. The first-order valence-electron chi connectivity index (χ1n) is 8.89. The molecule has 0 radical (unpaired) electrons. The average Bonchev–Trinajstić information content (AvgIpc) is 2.75. The first kappa shape index (κ1) is 17.1. The second-order valence-corrected chi connectivity index (χ2v) is 6.26. The highest BCUT2D eigenvalue weighted by Crippen LogP contribution is 2.26. The number of nitrogens with one attached hydrogen (secondary N) is 2. The number of nitriles is 1. The molecule has 0 saturated carbocycles. The van der Waals surface area contributed by atoms with E-state index < -0.39 is 0 Å². The van der Waals surface area contributed by atoms with Crippen molar-refractivity contribution in [1.82, 2.24) is 20.2 Å². The summed E-state index contributed by atoms with van der Waals surface area (Å²) in [4.78, 5) is 10.6. The summed E-state index contributed by atoms with van der Waals surface area (Å²) in [5.41, 5.74) is 3.95. The van der Waals surface area contributed by atoms with Crippen LogP contribution in [0.5, 0.6) is 0 Å². The first-order chi connectivity index (χ1) is 13.3. The van der Waals surface area contributed by atoms with Crippen molar-refractivity contribution in [3.63, 3.8) is 0 Å². The van der Waals surface area contributed by atoms with Crippen molar-refractivity contribution in [2.45, 2.75) is 0 Å². The van der Waals surface area contributed by atoms with Gasteiger partial charge in [0.25, 0.3) is 0 Å². The van der Waals surface area contributed by atoms with Gasteiger partial charge in [-0.2, -0.15) is 5.26 Å². The summed E-state index contributed by atoms with van der Waals surface area (Å²) in [5, 5.41) is 15.5. The van der Waals surface area contributed by atoms with E-state index in [0.29, 0.717) is 18.1 Å². The molecule has 4 rings (SSSR count). The molecule has 0 amide bonds. The summed E-state index contributed by atoms with van der Waals surface area (Å²) >= 11 is 0. The lowest BCUT2D eigenvalue weighted by Gasteiger charge is -2.34. The maximum Gasteiger partial charge on any atom is 0.158 e. The molecule has 0 bridgehead atoms. The van der Waals surface area contributed by atoms with Gasteiger partial charge >= 0.3 is 0 Å². The van der Waals surface area contributed by atoms with Crippen molar-refractivity contribution < 1.29 is 4.74 Å². The number of aromatic nitrogens is 2. The fraction of sp³-hybridized carbons (Fsp3) is 0.250. The van der Waals surface area contributed by atoms with Crippen LogP contribution in [0.1, 0.15) is 11.3 Å². The van der Waals surface area contributed by atoms with E-state index in [1.165, 1.54) is 23.0 Å². The fourth-order valence-corrected chi connectivity index (χ4v) is 3.19. The Bertz CT molecular complexity index is 892. The summed E-state index contributed by atoms with van der Waals surface area (Å²) in [6.07, 6.45) is 5.13. The molecule has 1 aromatic heterocycles. The van der Waals surface area contributed by atoms with E-state index in [0.717, 1.165) is 32.1 Å². The van der Waals surface area contributed by atoms with Gasteiger partial charge in [0.2, 0.25) is 0 Å². The number of rotatable bonds is 4. The molecule has 2 aromatic rings. The van der Waals surface area contributed by atoms with Gasteiger partial charge in [0.1, 0.15) is 17.7 Å². The minimum atomic E-state index is 0.298. The third-order valence-corrected chi connectivity index (χ3v) is 4.55. The molecule has 0 spiro atoms. The minimum absolute atomic E-state index is 0.298. The van der Waals surface area contributed by atoms with Crippen molar-refractivity contribution >= 4 is 11.4 Å². The summed E-state index contributed by atoms with van der Waals surface area (Å²) in [6, 6.07) is 12.4. The smallest absolute Gasteiger partial charge is 0.158 e. The van der Waals surface area contributed by atoms with E-state index >= 15 is 0 Å². The molecular formula is C20H20N6O. The van der Waals surface area contributed by atoms with E-state index in [9.17, 15) is 0 Å². The Balaban J connectivity index is 1.64. The minimum Gasteiger partial charge on any atom is -0.378 e. The van der Waals surface area contributed by atoms with Gasteiger partial charge in [0, 0.05) is 37.0 Å². The predicted molar refractivity (Wildman–Crippen MR) is 102 cm³/mol. The largest absolute Gasteiger partial charge is 0.378 e. The number of benzene rings is 1. The Kier molecular flexibility index (Phi) is 4.99. The first-order valence-corrected chi connectivity index (χ1v) is 8.89. The summed E-state index contributed by atoms with van der Waals surface area (Å²) in [6.45, 7) is 3.91. The van der Waals surface area contributed by atoms with Gasteiger partial charge in [0.15, 0.2) is 5.69 Å². The van der Waals surface area contributed by atoms with Crippen LogP contribution >= 0.6 is 0 Å². The highest BCUT2D eigenvalue weighted by atomic mass is 16.5. The monoisotopic (exact) mass is 360 g/mol. The normalized spacial score (nSPS) is 17.0. The quantitative estimate of drug-likeness (QED) is 0.862.